The predicted octanol–water partition coefficient (Wildman–Crippen LogP) is 3.12. The van der Waals surface area contributed by atoms with Crippen LogP contribution >= 0.6 is 0 Å². The summed E-state index contributed by atoms with van der Waals surface area (Å²) in [5.41, 5.74) is 2.33. The number of hydrogen-bond donors (Lipinski definition) is 2. The molecule has 0 bridgehead atoms. The zero-order chi connectivity index (χ0) is 14.4. The molecule has 3 heteroatoms. The zero-order valence-electron chi connectivity index (χ0n) is 12.0. The van der Waals surface area contributed by atoms with Gasteiger partial charge in [0, 0.05) is 6.04 Å². The smallest absolute Gasteiger partial charge is 0.119 e. The summed E-state index contributed by atoms with van der Waals surface area (Å²) >= 11 is 0. The Hall–Kier alpha value is -2.00. The Balaban J connectivity index is 1.89. The molecule has 0 spiro atoms. The normalized spacial score (nSPS) is 12.1. The highest BCUT2D eigenvalue weighted by molar-refractivity contribution is 5.29. The van der Waals surface area contributed by atoms with E-state index in [1.54, 1.807) is 12.1 Å². The molecule has 106 valence electrons. The Morgan fingerprint density at radius 2 is 1.60 bits per heavy atom. The van der Waals surface area contributed by atoms with E-state index in [-0.39, 0.29) is 5.75 Å². The molecule has 1 unspecified atom stereocenters. The third-order valence-electron chi connectivity index (χ3n) is 3.30. The monoisotopic (exact) mass is 271 g/mol. The van der Waals surface area contributed by atoms with Crippen molar-refractivity contribution in [3.05, 3.63) is 59.7 Å². The van der Waals surface area contributed by atoms with Crippen LogP contribution in [0, 0.1) is 0 Å². The van der Waals surface area contributed by atoms with E-state index < -0.39 is 0 Å². The average Bonchev–Trinajstić information content (AvgIpc) is 2.48. The van der Waals surface area contributed by atoms with Gasteiger partial charge in [-0.1, -0.05) is 24.3 Å². The number of benzene rings is 2. The second kappa shape index (κ2) is 6.96. The lowest BCUT2D eigenvalue weighted by Crippen LogP contribution is -2.23. The van der Waals surface area contributed by atoms with Crippen molar-refractivity contribution in [3.63, 3.8) is 0 Å². The lowest BCUT2D eigenvalue weighted by molar-refractivity contribution is 0.306. The highest BCUT2D eigenvalue weighted by Crippen LogP contribution is 2.16. The minimum Gasteiger partial charge on any atom is -0.508 e. The predicted molar refractivity (Wildman–Crippen MR) is 81.1 cm³/mol. The van der Waals surface area contributed by atoms with Gasteiger partial charge in [-0.05, 0) is 55.8 Å². The van der Waals surface area contributed by atoms with Gasteiger partial charge in [-0.15, -0.1) is 0 Å². The summed E-state index contributed by atoms with van der Waals surface area (Å²) in [5, 5.41) is 12.4. The molecule has 0 aliphatic carbocycles. The number of phenolic OH excluding ortho intramolecular Hbond substituents is 1. The minimum absolute atomic E-state index is 0.275. The number of rotatable bonds is 6. The van der Waals surface area contributed by atoms with Crippen molar-refractivity contribution >= 4 is 0 Å². The van der Waals surface area contributed by atoms with E-state index in [1.807, 2.05) is 31.3 Å². The molecule has 0 radical (unpaired) electrons. The molecular formula is C17H21NO2. The van der Waals surface area contributed by atoms with Gasteiger partial charge in [-0.25, -0.2) is 0 Å². The molecule has 0 saturated heterocycles. The average molecular weight is 271 g/mol. The second-order valence-electron chi connectivity index (χ2n) is 4.99. The van der Waals surface area contributed by atoms with E-state index in [1.165, 1.54) is 5.56 Å². The lowest BCUT2D eigenvalue weighted by atomic mass is 10.1. The number of aromatic hydroxyl groups is 1. The first-order chi connectivity index (χ1) is 9.67. The summed E-state index contributed by atoms with van der Waals surface area (Å²) in [4.78, 5) is 0. The molecular weight excluding hydrogens is 250 g/mol. The third-order valence-corrected chi connectivity index (χ3v) is 3.30. The van der Waals surface area contributed by atoms with Crippen LogP contribution in [0.25, 0.3) is 0 Å². The standard InChI is InChI=1S/C17H21NO2/c1-13(18-2)11-14-5-9-17(10-6-14)20-12-15-3-7-16(19)8-4-15/h3-10,13,18-19H,11-12H2,1-2H3. The maximum atomic E-state index is 9.22. The van der Waals surface area contributed by atoms with Gasteiger partial charge in [0.05, 0.1) is 0 Å². The molecule has 0 heterocycles. The van der Waals surface area contributed by atoms with Gasteiger partial charge < -0.3 is 15.2 Å². The highest BCUT2D eigenvalue weighted by Gasteiger charge is 2.01. The van der Waals surface area contributed by atoms with Gasteiger partial charge in [0.15, 0.2) is 0 Å². The van der Waals surface area contributed by atoms with E-state index in [2.05, 4.69) is 24.4 Å². The fourth-order valence-electron chi connectivity index (χ4n) is 1.94. The van der Waals surface area contributed by atoms with Gasteiger partial charge in [0.2, 0.25) is 0 Å². The van der Waals surface area contributed by atoms with Crippen molar-refractivity contribution in [1.82, 2.24) is 5.32 Å². The van der Waals surface area contributed by atoms with Crippen molar-refractivity contribution in [2.45, 2.75) is 26.0 Å². The molecule has 1 atom stereocenters. The summed E-state index contributed by atoms with van der Waals surface area (Å²) in [6, 6.07) is 15.7. The summed E-state index contributed by atoms with van der Waals surface area (Å²) in [6.07, 6.45) is 1.01. The van der Waals surface area contributed by atoms with Gasteiger partial charge in [-0.3, -0.25) is 0 Å². The van der Waals surface area contributed by atoms with Crippen LogP contribution in [0.4, 0.5) is 0 Å². The van der Waals surface area contributed by atoms with E-state index in [9.17, 15) is 5.11 Å². The van der Waals surface area contributed by atoms with E-state index >= 15 is 0 Å². The van der Waals surface area contributed by atoms with Crippen LogP contribution in [0.1, 0.15) is 18.1 Å². The second-order valence-corrected chi connectivity index (χ2v) is 4.99. The maximum absolute atomic E-state index is 9.22. The van der Waals surface area contributed by atoms with Crippen LogP contribution < -0.4 is 10.1 Å². The third kappa shape index (κ3) is 4.28. The quantitative estimate of drug-likeness (QED) is 0.848. The van der Waals surface area contributed by atoms with Gasteiger partial charge in [0.1, 0.15) is 18.1 Å². The molecule has 0 aliphatic heterocycles. The van der Waals surface area contributed by atoms with Crippen LogP contribution in [-0.2, 0) is 13.0 Å². The van der Waals surface area contributed by atoms with Crippen molar-refractivity contribution in [3.8, 4) is 11.5 Å². The van der Waals surface area contributed by atoms with E-state index in [4.69, 9.17) is 4.74 Å². The Morgan fingerprint density at radius 3 is 2.20 bits per heavy atom. The molecule has 2 aromatic rings. The van der Waals surface area contributed by atoms with Crippen LogP contribution in [0.5, 0.6) is 11.5 Å². The van der Waals surface area contributed by atoms with Crippen LogP contribution in [0.3, 0.4) is 0 Å². The fourth-order valence-corrected chi connectivity index (χ4v) is 1.94. The van der Waals surface area contributed by atoms with E-state index in [0.717, 1.165) is 17.7 Å². The Bertz CT molecular complexity index is 520. The van der Waals surface area contributed by atoms with E-state index in [0.29, 0.717) is 12.6 Å². The van der Waals surface area contributed by atoms with Crippen LogP contribution in [0.2, 0.25) is 0 Å². The molecule has 2 rings (SSSR count). The number of ether oxygens (including phenoxy) is 1. The first-order valence-corrected chi connectivity index (χ1v) is 6.84. The largest absolute Gasteiger partial charge is 0.508 e. The first-order valence-electron chi connectivity index (χ1n) is 6.84. The summed E-state index contributed by atoms with van der Waals surface area (Å²) in [7, 11) is 1.97. The summed E-state index contributed by atoms with van der Waals surface area (Å²) in [5.74, 6) is 1.13. The fraction of sp³-hybridized carbons (Fsp3) is 0.294. The van der Waals surface area contributed by atoms with Gasteiger partial charge in [0.25, 0.3) is 0 Å². The summed E-state index contributed by atoms with van der Waals surface area (Å²) in [6.45, 7) is 2.67. The van der Waals surface area contributed by atoms with Gasteiger partial charge in [-0.2, -0.15) is 0 Å². The lowest BCUT2D eigenvalue weighted by Gasteiger charge is -2.11. The van der Waals surface area contributed by atoms with Gasteiger partial charge >= 0.3 is 0 Å². The first kappa shape index (κ1) is 14.4. The SMILES string of the molecule is CNC(C)Cc1ccc(OCc2ccc(O)cc2)cc1. The molecule has 2 N–H and O–H groups in total. The molecule has 2 aromatic carbocycles. The number of nitrogens with one attached hydrogen (secondary N) is 1. The number of likely N-dealkylation sites (N-methyl/N-ethyl adjacent to an activating group) is 1. The Kier molecular flexibility index (Phi) is 5.02. The molecule has 0 fully saturated rings. The minimum atomic E-state index is 0.275. The van der Waals surface area contributed by atoms with Crippen molar-refractivity contribution < 1.29 is 9.84 Å². The number of phenols is 1. The summed E-state index contributed by atoms with van der Waals surface area (Å²) < 4.78 is 5.72. The molecule has 0 amide bonds. The maximum Gasteiger partial charge on any atom is 0.119 e. The molecule has 0 aromatic heterocycles. The molecule has 3 nitrogen and oxygen atoms in total. The Labute approximate surface area is 120 Å². The van der Waals surface area contributed by atoms with Crippen LogP contribution in [-0.4, -0.2) is 18.2 Å². The van der Waals surface area contributed by atoms with Crippen molar-refractivity contribution in [2.75, 3.05) is 7.05 Å². The zero-order valence-corrected chi connectivity index (χ0v) is 12.0. The van der Waals surface area contributed by atoms with Crippen LogP contribution in [0.15, 0.2) is 48.5 Å². The van der Waals surface area contributed by atoms with Crippen molar-refractivity contribution in [1.29, 1.82) is 0 Å². The highest BCUT2D eigenvalue weighted by atomic mass is 16.5. The molecule has 20 heavy (non-hydrogen) atoms. The molecule has 0 aliphatic rings. The van der Waals surface area contributed by atoms with Crippen molar-refractivity contribution in [2.24, 2.45) is 0 Å². The molecule has 0 saturated carbocycles. The number of hydrogen-bond acceptors (Lipinski definition) is 3. The topological polar surface area (TPSA) is 41.5 Å². The Morgan fingerprint density at radius 1 is 1.00 bits per heavy atom.